The molecule has 0 radical (unpaired) electrons. The minimum Gasteiger partial charge on any atom is -0.398 e. The molecule has 0 aliphatic carbocycles. The number of carbonyl (C=O) groups excluding carboxylic acids is 1. The summed E-state index contributed by atoms with van der Waals surface area (Å²) in [5, 5.41) is 4.18. The van der Waals surface area contributed by atoms with Crippen molar-refractivity contribution < 1.29 is 4.79 Å². The highest BCUT2D eigenvalue weighted by atomic mass is 16.2. The van der Waals surface area contributed by atoms with E-state index in [2.05, 4.69) is 5.10 Å². The number of benzene rings is 1. The first-order valence-electron chi connectivity index (χ1n) is 6.35. The third kappa shape index (κ3) is 1.97. The Morgan fingerprint density at radius 1 is 1.37 bits per heavy atom. The van der Waals surface area contributed by atoms with Gasteiger partial charge >= 0.3 is 0 Å². The van der Waals surface area contributed by atoms with E-state index in [9.17, 15) is 4.79 Å². The zero-order valence-electron chi connectivity index (χ0n) is 10.8. The SMILES string of the molecule is Cn1ccc(C(=O)N2CCCc3c(N)cccc32)n1. The van der Waals surface area contributed by atoms with Crippen molar-refractivity contribution >= 4 is 17.3 Å². The maximum Gasteiger partial charge on any atom is 0.278 e. The Hall–Kier alpha value is -2.30. The molecule has 1 amide bonds. The molecule has 2 heterocycles. The Morgan fingerprint density at radius 2 is 2.21 bits per heavy atom. The fraction of sp³-hybridized carbons (Fsp3) is 0.286. The van der Waals surface area contributed by atoms with Gasteiger partial charge in [-0.05, 0) is 36.6 Å². The molecule has 0 saturated carbocycles. The van der Waals surface area contributed by atoms with E-state index in [0.29, 0.717) is 12.2 Å². The van der Waals surface area contributed by atoms with Crippen LogP contribution in [0.5, 0.6) is 0 Å². The van der Waals surface area contributed by atoms with Gasteiger partial charge in [0.1, 0.15) is 0 Å². The number of carbonyl (C=O) groups is 1. The zero-order valence-corrected chi connectivity index (χ0v) is 10.8. The number of amides is 1. The largest absolute Gasteiger partial charge is 0.398 e. The Kier molecular flexibility index (Phi) is 2.74. The number of hydrogen-bond donors (Lipinski definition) is 1. The molecule has 19 heavy (non-hydrogen) atoms. The Bertz CT molecular complexity index is 632. The second-order valence-corrected chi connectivity index (χ2v) is 4.78. The van der Waals surface area contributed by atoms with Gasteiger partial charge in [-0.2, -0.15) is 5.10 Å². The molecular formula is C14H16N4O. The minimum atomic E-state index is -0.0628. The first-order valence-corrected chi connectivity index (χ1v) is 6.35. The summed E-state index contributed by atoms with van der Waals surface area (Å²) in [6.45, 7) is 0.714. The molecule has 5 heteroatoms. The molecule has 3 rings (SSSR count). The van der Waals surface area contributed by atoms with Crippen LogP contribution in [-0.4, -0.2) is 22.2 Å². The van der Waals surface area contributed by atoms with Crippen LogP contribution in [0.25, 0.3) is 0 Å². The van der Waals surface area contributed by atoms with Gasteiger partial charge in [0.2, 0.25) is 0 Å². The molecule has 0 unspecified atom stereocenters. The van der Waals surface area contributed by atoms with E-state index >= 15 is 0 Å². The van der Waals surface area contributed by atoms with Gasteiger partial charge in [0, 0.05) is 31.2 Å². The summed E-state index contributed by atoms with van der Waals surface area (Å²) in [5.74, 6) is -0.0628. The van der Waals surface area contributed by atoms with Crippen molar-refractivity contribution in [2.24, 2.45) is 7.05 Å². The van der Waals surface area contributed by atoms with E-state index in [1.165, 1.54) is 0 Å². The smallest absolute Gasteiger partial charge is 0.278 e. The molecule has 1 aliphatic rings. The lowest BCUT2D eigenvalue weighted by molar-refractivity contribution is 0.0979. The second kappa shape index (κ2) is 4.42. The molecule has 0 saturated heterocycles. The van der Waals surface area contributed by atoms with E-state index in [1.807, 2.05) is 18.2 Å². The van der Waals surface area contributed by atoms with Crippen LogP contribution >= 0.6 is 0 Å². The van der Waals surface area contributed by atoms with Crippen LogP contribution in [-0.2, 0) is 13.5 Å². The Morgan fingerprint density at radius 3 is 2.95 bits per heavy atom. The summed E-state index contributed by atoms with van der Waals surface area (Å²) in [7, 11) is 1.80. The van der Waals surface area contributed by atoms with Crippen molar-refractivity contribution in [3.05, 3.63) is 41.7 Å². The van der Waals surface area contributed by atoms with Gasteiger partial charge in [0.25, 0.3) is 5.91 Å². The normalized spacial score (nSPS) is 14.3. The summed E-state index contributed by atoms with van der Waals surface area (Å²) in [5.41, 5.74) is 9.21. The van der Waals surface area contributed by atoms with Gasteiger partial charge in [-0.1, -0.05) is 6.07 Å². The van der Waals surface area contributed by atoms with Crippen molar-refractivity contribution in [1.29, 1.82) is 0 Å². The Balaban J connectivity index is 2.00. The van der Waals surface area contributed by atoms with E-state index < -0.39 is 0 Å². The van der Waals surface area contributed by atoms with Gasteiger partial charge in [0.15, 0.2) is 5.69 Å². The molecule has 0 fully saturated rings. The molecule has 1 aliphatic heterocycles. The molecule has 0 spiro atoms. The molecule has 5 nitrogen and oxygen atoms in total. The lowest BCUT2D eigenvalue weighted by Crippen LogP contribution is -2.36. The van der Waals surface area contributed by atoms with Crippen molar-refractivity contribution in [2.75, 3.05) is 17.2 Å². The first kappa shape index (κ1) is 11.8. The van der Waals surface area contributed by atoms with Crippen LogP contribution in [0.3, 0.4) is 0 Å². The predicted molar refractivity (Wildman–Crippen MR) is 74.1 cm³/mol. The summed E-state index contributed by atoms with van der Waals surface area (Å²) in [6.07, 6.45) is 3.63. The molecule has 1 aromatic heterocycles. The van der Waals surface area contributed by atoms with Gasteiger partial charge in [-0.3, -0.25) is 9.48 Å². The van der Waals surface area contributed by atoms with E-state index in [0.717, 1.165) is 29.8 Å². The number of hydrogen-bond acceptors (Lipinski definition) is 3. The van der Waals surface area contributed by atoms with Gasteiger partial charge in [-0.25, -0.2) is 0 Å². The maximum absolute atomic E-state index is 12.5. The number of nitrogens with two attached hydrogens (primary N) is 1. The zero-order chi connectivity index (χ0) is 13.4. The monoisotopic (exact) mass is 256 g/mol. The minimum absolute atomic E-state index is 0.0628. The molecule has 0 bridgehead atoms. The Labute approximate surface area is 111 Å². The molecule has 98 valence electrons. The van der Waals surface area contributed by atoms with E-state index in [4.69, 9.17) is 5.73 Å². The van der Waals surface area contributed by atoms with Gasteiger partial charge < -0.3 is 10.6 Å². The lowest BCUT2D eigenvalue weighted by atomic mass is 9.99. The van der Waals surface area contributed by atoms with Crippen molar-refractivity contribution in [1.82, 2.24) is 9.78 Å². The van der Waals surface area contributed by atoms with E-state index in [-0.39, 0.29) is 5.91 Å². The van der Waals surface area contributed by atoms with Crippen LogP contribution in [0, 0.1) is 0 Å². The highest BCUT2D eigenvalue weighted by Crippen LogP contribution is 2.31. The summed E-state index contributed by atoms with van der Waals surface area (Å²) in [6, 6.07) is 7.46. The fourth-order valence-electron chi connectivity index (χ4n) is 2.53. The molecule has 2 aromatic rings. The lowest BCUT2D eigenvalue weighted by Gasteiger charge is -2.29. The topological polar surface area (TPSA) is 64.2 Å². The number of aromatic nitrogens is 2. The highest BCUT2D eigenvalue weighted by molar-refractivity contribution is 6.05. The fourth-order valence-corrected chi connectivity index (χ4v) is 2.53. The van der Waals surface area contributed by atoms with Crippen LogP contribution in [0.4, 0.5) is 11.4 Å². The number of rotatable bonds is 1. The number of fused-ring (bicyclic) bond motifs is 1. The number of nitrogens with zero attached hydrogens (tertiary/aromatic N) is 3. The van der Waals surface area contributed by atoms with Crippen LogP contribution in [0.15, 0.2) is 30.5 Å². The second-order valence-electron chi connectivity index (χ2n) is 4.78. The maximum atomic E-state index is 12.5. The molecule has 2 N–H and O–H groups in total. The number of aryl methyl sites for hydroxylation is 1. The molecule has 1 aromatic carbocycles. The first-order chi connectivity index (χ1) is 9.16. The standard InChI is InChI=1S/C14H16N4O/c1-17-9-7-12(16-17)14(19)18-8-3-4-10-11(15)5-2-6-13(10)18/h2,5-7,9H,3-4,8,15H2,1H3. The molecule has 0 atom stereocenters. The summed E-state index contributed by atoms with van der Waals surface area (Å²) in [4.78, 5) is 14.3. The van der Waals surface area contributed by atoms with Crippen LogP contribution in [0.1, 0.15) is 22.5 Å². The van der Waals surface area contributed by atoms with Crippen molar-refractivity contribution in [3.8, 4) is 0 Å². The number of anilines is 2. The quantitative estimate of drug-likeness (QED) is 0.788. The van der Waals surface area contributed by atoms with Crippen LogP contribution < -0.4 is 10.6 Å². The average Bonchev–Trinajstić information content (AvgIpc) is 2.85. The summed E-state index contributed by atoms with van der Waals surface area (Å²) >= 11 is 0. The summed E-state index contributed by atoms with van der Waals surface area (Å²) < 4.78 is 1.64. The average molecular weight is 256 g/mol. The third-order valence-corrected chi connectivity index (χ3v) is 3.46. The van der Waals surface area contributed by atoms with Crippen LogP contribution in [0.2, 0.25) is 0 Å². The number of nitrogen functional groups attached to an aromatic ring is 1. The molecular weight excluding hydrogens is 240 g/mol. The van der Waals surface area contributed by atoms with Gasteiger partial charge in [-0.15, -0.1) is 0 Å². The van der Waals surface area contributed by atoms with Crippen molar-refractivity contribution in [3.63, 3.8) is 0 Å². The van der Waals surface area contributed by atoms with Crippen molar-refractivity contribution in [2.45, 2.75) is 12.8 Å². The third-order valence-electron chi connectivity index (χ3n) is 3.46. The highest BCUT2D eigenvalue weighted by Gasteiger charge is 2.25. The van der Waals surface area contributed by atoms with Gasteiger partial charge in [0.05, 0.1) is 0 Å². The predicted octanol–water partition coefficient (Wildman–Crippen LogP) is 1.60. The van der Waals surface area contributed by atoms with E-state index in [1.54, 1.807) is 28.9 Å².